The second kappa shape index (κ2) is 6.99. The quantitative estimate of drug-likeness (QED) is 0.890. The molecule has 3 N–H and O–H groups in total. The van der Waals surface area contributed by atoms with E-state index in [9.17, 15) is 4.79 Å². The van der Waals surface area contributed by atoms with Gasteiger partial charge >= 0.3 is 0 Å². The number of halogens is 1. The van der Waals surface area contributed by atoms with Crippen molar-refractivity contribution in [3.8, 4) is 5.75 Å². The molecule has 1 saturated carbocycles. The van der Waals surface area contributed by atoms with Gasteiger partial charge in [-0.15, -0.1) is 12.4 Å². The number of fused-ring (bicyclic) bond motifs is 1. The highest BCUT2D eigenvalue weighted by atomic mass is 35.5. The van der Waals surface area contributed by atoms with Crippen molar-refractivity contribution >= 4 is 29.1 Å². The van der Waals surface area contributed by atoms with Gasteiger partial charge in [-0.05, 0) is 36.3 Å². The molecule has 2 aromatic carbocycles. The van der Waals surface area contributed by atoms with E-state index in [2.05, 4.69) is 5.32 Å². The average molecular weight is 321 g/mol. The second-order valence-corrected chi connectivity index (χ2v) is 5.51. The first-order valence-corrected chi connectivity index (χ1v) is 7.31. The third kappa shape index (κ3) is 3.18. The van der Waals surface area contributed by atoms with E-state index in [-0.39, 0.29) is 24.4 Å². The van der Waals surface area contributed by atoms with Gasteiger partial charge in [-0.1, -0.05) is 24.3 Å². The lowest BCUT2D eigenvalue weighted by molar-refractivity contribution is 0.0935. The lowest BCUT2D eigenvalue weighted by atomic mass is 10.0. The van der Waals surface area contributed by atoms with E-state index in [1.165, 1.54) is 0 Å². The highest BCUT2D eigenvalue weighted by Gasteiger charge is 2.31. The van der Waals surface area contributed by atoms with Crippen LogP contribution in [0.5, 0.6) is 5.75 Å². The summed E-state index contributed by atoms with van der Waals surface area (Å²) >= 11 is 0. The number of amides is 1. The summed E-state index contributed by atoms with van der Waals surface area (Å²) in [5.41, 5.74) is 6.44. The number of nitrogens with two attached hydrogens (primary N) is 1. The van der Waals surface area contributed by atoms with E-state index < -0.39 is 0 Å². The van der Waals surface area contributed by atoms with E-state index in [0.29, 0.717) is 18.0 Å². The van der Waals surface area contributed by atoms with E-state index in [1.807, 2.05) is 36.4 Å². The van der Waals surface area contributed by atoms with Crippen LogP contribution in [0.4, 0.5) is 0 Å². The van der Waals surface area contributed by atoms with Gasteiger partial charge in [0.15, 0.2) is 0 Å². The predicted molar refractivity (Wildman–Crippen MR) is 90.8 cm³/mol. The van der Waals surface area contributed by atoms with Crippen LogP contribution in [0.2, 0.25) is 0 Å². The van der Waals surface area contributed by atoms with Gasteiger partial charge in [0.25, 0.3) is 5.91 Å². The van der Waals surface area contributed by atoms with Crippen LogP contribution < -0.4 is 15.8 Å². The Bertz CT molecular complexity index is 671. The molecule has 1 amide bonds. The van der Waals surface area contributed by atoms with Gasteiger partial charge in [0.2, 0.25) is 0 Å². The standard InChI is InChI=1S/C17H20N2O2.ClH/c1-21-16-9-8-14(12-4-2-3-5-13(12)16)17(20)19-15(10-18)11-6-7-11;/h2-5,8-9,11,15H,6-7,10,18H2,1H3,(H,19,20);1H. The zero-order valence-corrected chi connectivity index (χ0v) is 13.4. The van der Waals surface area contributed by atoms with Crippen LogP contribution in [-0.2, 0) is 0 Å². The number of carbonyl (C=O) groups is 1. The topological polar surface area (TPSA) is 64.3 Å². The largest absolute Gasteiger partial charge is 0.496 e. The van der Waals surface area contributed by atoms with Crippen molar-refractivity contribution in [2.24, 2.45) is 11.7 Å². The number of carbonyl (C=O) groups excluding carboxylic acids is 1. The minimum Gasteiger partial charge on any atom is -0.496 e. The molecule has 0 radical (unpaired) electrons. The van der Waals surface area contributed by atoms with Gasteiger partial charge in [-0.25, -0.2) is 0 Å². The molecule has 1 unspecified atom stereocenters. The fraction of sp³-hybridized carbons (Fsp3) is 0.353. The number of ether oxygens (including phenoxy) is 1. The number of methoxy groups -OCH3 is 1. The molecule has 0 bridgehead atoms. The van der Waals surface area contributed by atoms with Crippen molar-refractivity contribution in [2.75, 3.05) is 13.7 Å². The molecule has 0 spiro atoms. The third-order valence-electron chi connectivity index (χ3n) is 4.11. The molecule has 0 heterocycles. The Morgan fingerprint density at radius 2 is 1.95 bits per heavy atom. The maximum Gasteiger partial charge on any atom is 0.252 e. The summed E-state index contributed by atoms with van der Waals surface area (Å²) in [6.07, 6.45) is 2.32. The molecule has 1 aliphatic rings. The maximum absolute atomic E-state index is 12.6. The van der Waals surface area contributed by atoms with Crippen molar-refractivity contribution < 1.29 is 9.53 Å². The van der Waals surface area contributed by atoms with Crippen molar-refractivity contribution in [1.29, 1.82) is 0 Å². The van der Waals surface area contributed by atoms with Crippen LogP contribution in [0.3, 0.4) is 0 Å². The second-order valence-electron chi connectivity index (χ2n) is 5.51. The minimum absolute atomic E-state index is 0. The third-order valence-corrected chi connectivity index (χ3v) is 4.11. The molecule has 1 aliphatic carbocycles. The highest BCUT2D eigenvalue weighted by molar-refractivity contribution is 6.08. The van der Waals surface area contributed by atoms with E-state index in [1.54, 1.807) is 7.11 Å². The summed E-state index contributed by atoms with van der Waals surface area (Å²) in [6, 6.07) is 11.5. The summed E-state index contributed by atoms with van der Waals surface area (Å²) in [5, 5.41) is 4.92. The lowest BCUT2D eigenvalue weighted by Crippen LogP contribution is -2.41. The van der Waals surface area contributed by atoms with E-state index >= 15 is 0 Å². The van der Waals surface area contributed by atoms with Gasteiger partial charge in [0.05, 0.1) is 7.11 Å². The van der Waals surface area contributed by atoms with Crippen LogP contribution >= 0.6 is 12.4 Å². The van der Waals surface area contributed by atoms with Gasteiger partial charge < -0.3 is 15.8 Å². The Balaban J connectivity index is 0.00000176. The first-order valence-electron chi connectivity index (χ1n) is 7.31. The van der Waals surface area contributed by atoms with Gasteiger partial charge in [0.1, 0.15) is 5.75 Å². The van der Waals surface area contributed by atoms with Gasteiger partial charge in [-0.2, -0.15) is 0 Å². The van der Waals surface area contributed by atoms with Crippen LogP contribution in [-0.4, -0.2) is 25.6 Å². The van der Waals surface area contributed by atoms with Crippen molar-refractivity contribution in [1.82, 2.24) is 5.32 Å². The Labute approximate surface area is 136 Å². The molecule has 0 aliphatic heterocycles. The predicted octanol–water partition coefficient (Wildman–Crippen LogP) is 2.74. The molecule has 1 fully saturated rings. The average Bonchev–Trinajstić information content (AvgIpc) is 3.36. The van der Waals surface area contributed by atoms with Crippen LogP contribution in [0, 0.1) is 5.92 Å². The summed E-state index contributed by atoms with van der Waals surface area (Å²) in [7, 11) is 1.64. The lowest BCUT2D eigenvalue weighted by Gasteiger charge is -2.17. The summed E-state index contributed by atoms with van der Waals surface area (Å²) in [4.78, 5) is 12.6. The molecule has 1 atom stereocenters. The number of benzene rings is 2. The molecule has 0 aromatic heterocycles. The molecule has 22 heavy (non-hydrogen) atoms. The van der Waals surface area contributed by atoms with Crippen LogP contribution in [0.15, 0.2) is 36.4 Å². The van der Waals surface area contributed by atoms with Crippen molar-refractivity contribution in [3.63, 3.8) is 0 Å². The monoisotopic (exact) mass is 320 g/mol. The fourth-order valence-corrected chi connectivity index (χ4v) is 2.76. The zero-order valence-electron chi connectivity index (χ0n) is 12.5. The molecule has 5 heteroatoms. The van der Waals surface area contributed by atoms with E-state index in [4.69, 9.17) is 10.5 Å². The van der Waals surface area contributed by atoms with Crippen molar-refractivity contribution in [2.45, 2.75) is 18.9 Å². The molecule has 0 saturated heterocycles. The smallest absolute Gasteiger partial charge is 0.252 e. The maximum atomic E-state index is 12.6. The van der Waals surface area contributed by atoms with Gasteiger partial charge in [-0.3, -0.25) is 4.79 Å². The molecule has 4 nitrogen and oxygen atoms in total. The number of hydrogen-bond acceptors (Lipinski definition) is 3. The Morgan fingerprint density at radius 3 is 2.55 bits per heavy atom. The first-order chi connectivity index (χ1) is 10.2. The SMILES string of the molecule is COc1ccc(C(=O)NC(CN)C2CC2)c2ccccc12.Cl. The zero-order chi connectivity index (χ0) is 14.8. The number of rotatable bonds is 5. The first kappa shape index (κ1) is 16.6. The summed E-state index contributed by atoms with van der Waals surface area (Å²) in [6.45, 7) is 0.491. The molecule has 3 rings (SSSR count). The molecule has 118 valence electrons. The Kier molecular flexibility index (Phi) is 5.27. The minimum atomic E-state index is -0.0591. The number of nitrogens with one attached hydrogen (secondary N) is 1. The van der Waals surface area contributed by atoms with Gasteiger partial charge in [0, 0.05) is 23.5 Å². The normalized spacial score (nSPS) is 15.0. The summed E-state index contributed by atoms with van der Waals surface area (Å²) in [5.74, 6) is 1.26. The fourth-order valence-electron chi connectivity index (χ4n) is 2.76. The molecular weight excluding hydrogens is 300 g/mol. The number of hydrogen-bond donors (Lipinski definition) is 2. The molecule has 2 aromatic rings. The Hall–Kier alpha value is -1.78. The summed E-state index contributed by atoms with van der Waals surface area (Å²) < 4.78 is 5.36. The van der Waals surface area contributed by atoms with Crippen LogP contribution in [0.25, 0.3) is 10.8 Å². The van der Waals surface area contributed by atoms with Crippen molar-refractivity contribution in [3.05, 3.63) is 42.0 Å². The van der Waals surface area contributed by atoms with Crippen LogP contribution in [0.1, 0.15) is 23.2 Å². The Morgan fingerprint density at radius 1 is 1.27 bits per heavy atom. The van der Waals surface area contributed by atoms with E-state index in [0.717, 1.165) is 29.4 Å². The molecular formula is C17H21ClN2O2. The highest BCUT2D eigenvalue weighted by Crippen LogP contribution is 2.33.